The van der Waals surface area contributed by atoms with Crippen LogP contribution < -0.4 is 4.74 Å². The summed E-state index contributed by atoms with van der Waals surface area (Å²) in [5.74, 6) is 1.47. The number of rotatable bonds is 9. The standard InChI is InChI=1S/C27H33NO2/c1-2-3-4-7-21-15-18-25(19-16-21)27(29)30-26-9-6-5-8-24(26)17-14-22-10-12-23(20-28)13-11-22/h5-6,8-13,21,25H,2-4,7,14-19H2,1H3. The lowest BCUT2D eigenvalue weighted by atomic mass is 9.80. The maximum absolute atomic E-state index is 12.8. The first-order valence-corrected chi connectivity index (χ1v) is 11.5. The molecule has 3 nitrogen and oxygen atoms in total. The Labute approximate surface area is 181 Å². The molecule has 0 amide bonds. The lowest BCUT2D eigenvalue weighted by molar-refractivity contribution is -0.140. The maximum Gasteiger partial charge on any atom is 0.314 e. The quantitative estimate of drug-likeness (QED) is 0.268. The van der Waals surface area contributed by atoms with Gasteiger partial charge in [0.25, 0.3) is 0 Å². The minimum atomic E-state index is -0.0622. The number of nitrogens with zero attached hydrogens (tertiary/aromatic N) is 1. The van der Waals surface area contributed by atoms with E-state index in [1.807, 2.05) is 48.5 Å². The number of unbranched alkanes of at least 4 members (excludes halogenated alkanes) is 2. The summed E-state index contributed by atoms with van der Waals surface area (Å²) >= 11 is 0. The summed E-state index contributed by atoms with van der Waals surface area (Å²) in [7, 11) is 0. The van der Waals surface area contributed by atoms with E-state index in [0.29, 0.717) is 11.3 Å². The molecule has 3 rings (SSSR count). The minimum Gasteiger partial charge on any atom is -0.426 e. The predicted octanol–water partition coefficient (Wildman–Crippen LogP) is 6.64. The van der Waals surface area contributed by atoms with Crippen LogP contribution in [0.25, 0.3) is 0 Å². The van der Waals surface area contributed by atoms with E-state index in [1.165, 1.54) is 31.2 Å². The predicted molar refractivity (Wildman–Crippen MR) is 120 cm³/mol. The van der Waals surface area contributed by atoms with Crippen molar-refractivity contribution in [2.75, 3.05) is 0 Å². The van der Waals surface area contributed by atoms with Gasteiger partial charge >= 0.3 is 5.97 Å². The molecule has 1 aliphatic carbocycles. The molecule has 0 radical (unpaired) electrons. The average Bonchev–Trinajstić information content (AvgIpc) is 2.79. The van der Waals surface area contributed by atoms with Crippen molar-refractivity contribution in [3.63, 3.8) is 0 Å². The van der Waals surface area contributed by atoms with Crippen LogP contribution in [0.2, 0.25) is 0 Å². The highest BCUT2D eigenvalue weighted by Crippen LogP contribution is 2.33. The third-order valence-corrected chi connectivity index (χ3v) is 6.35. The van der Waals surface area contributed by atoms with Crippen molar-refractivity contribution in [3.8, 4) is 11.8 Å². The zero-order chi connectivity index (χ0) is 21.2. The van der Waals surface area contributed by atoms with E-state index in [4.69, 9.17) is 10.00 Å². The van der Waals surface area contributed by atoms with Crippen LogP contribution in [0, 0.1) is 23.2 Å². The molecule has 0 bridgehead atoms. The Balaban J connectivity index is 1.51. The van der Waals surface area contributed by atoms with Crippen molar-refractivity contribution in [2.24, 2.45) is 11.8 Å². The van der Waals surface area contributed by atoms with Crippen molar-refractivity contribution < 1.29 is 9.53 Å². The summed E-state index contributed by atoms with van der Waals surface area (Å²) in [6, 6.07) is 17.7. The Morgan fingerprint density at radius 3 is 2.43 bits per heavy atom. The van der Waals surface area contributed by atoms with Gasteiger partial charge in [0.2, 0.25) is 0 Å². The molecule has 1 fully saturated rings. The van der Waals surface area contributed by atoms with E-state index in [9.17, 15) is 4.79 Å². The molecule has 0 saturated heterocycles. The van der Waals surface area contributed by atoms with Crippen LogP contribution in [0.4, 0.5) is 0 Å². The van der Waals surface area contributed by atoms with Crippen molar-refractivity contribution in [2.45, 2.75) is 71.1 Å². The number of hydrogen-bond donors (Lipinski definition) is 0. The van der Waals surface area contributed by atoms with Gasteiger partial charge in [-0.1, -0.05) is 62.9 Å². The van der Waals surface area contributed by atoms with E-state index in [2.05, 4.69) is 13.0 Å². The zero-order valence-corrected chi connectivity index (χ0v) is 18.1. The van der Waals surface area contributed by atoms with Crippen LogP contribution >= 0.6 is 0 Å². The second-order valence-electron chi connectivity index (χ2n) is 8.55. The van der Waals surface area contributed by atoms with E-state index < -0.39 is 0 Å². The third-order valence-electron chi connectivity index (χ3n) is 6.35. The van der Waals surface area contributed by atoms with Crippen LogP contribution in [0.5, 0.6) is 5.75 Å². The number of ether oxygens (including phenoxy) is 1. The summed E-state index contributed by atoms with van der Waals surface area (Å²) in [6.07, 6.45) is 11.1. The number of para-hydroxylation sites is 1. The fourth-order valence-electron chi connectivity index (χ4n) is 4.40. The van der Waals surface area contributed by atoms with Gasteiger partial charge in [0.1, 0.15) is 5.75 Å². The summed E-state index contributed by atoms with van der Waals surface area (Å²) in [4.78, 5) is 12.8. The fourth-order valence-corrected chi connectivity index (χ4v) is 4.40. The van der Waals surface area contributed by atoms with Gasteiger partial charge in [-0.05, 0) is 73.8 Å². The molecule has 0 spiro atoms. The number of carbonyl (C=O) groups is 1. The van der Waals surface area contributed by atoms with Gasteiger partial charge in [0.05, 0.1) is 17.6 Å². The zero-order valence-electron chi connectivity index (χ0n) is 18.1. The van der Waals surface area contributed by atoms with Crippen molar-refractivity contribution in [3.05, 3.63) is 65.2 Å². The van der Waals surface area contributed by atoms with Crippen LogP contribution in [0.1, 0.15) is 75.0 Å². The molecule has 0 atom stereocenters. The molecule has 158 valence electrons. The lowest BCUT2D eigenvalue weighted by Gasteiger charge is -2.27. The number of hydrogen-bond acceptors (Lipinski definition) is 3. The Kier molecular flexibility index (Phi) is 8.51. The fraction of sp³-hybridized carbons (Fsp3) is 0.481. The Morgan fingerprint density at radius 2 is 1.73 bits per heavy atom. The van der Waals surface area contributed by atoms with Crippen LogP contribution in [0.15, 0.2) is 48.5 Å². The highest BCUT2D eigenvalue weighted by atomic mass is 16.5. The molecule has 2 aromatic rings. The van der Waals surface area contributed by atoms with Crippen molar-refractivity contribution in [1.82, 2.24) is 0 Å². The van der Waals surface area contributed by atoms with Crippen LogP contribution in [-0.4, -0.2) is 5.97 Å². The number of esters is 1. The molecule has 0 unspecified atom stereocenters. The molecule has 3 heteroatoms. The SMILES string of the molecule is CCCCCC1CCC(C(=O)Oc2ccccc2CCc2ccc(C#N)cc2)CC1. The molecule has 0 N–H and O–H groups in total. The second-order valence-corrected chi connectivity index (χ2v) is 8.55. The molecule has 0 aliphatic heterocycles. The molecule has 1 saturated carbocycles. The average molecular weight is 404 g/mol. The number of benzene rings is 2. The Morgan fingerprint density at radius 1 is 1.00 bits per heavy atom. The molecule has 0 heterocycles. The normalized spacial score (nSPS) is 18.5. The first kappa shape index (κ1) is 22.1. The second kappa shape index (κ2) is 11.6. The summed E-state index contributed by atoms with van der Waals surface area (Å²) in [6.45, 7) is 2.25. The minimum absolute atomic E-state index is 0.0407. The largest absolute Gasteiger partial charge is 0.426 e. The molecular weight excluding hydrogens is 370 g/mol. The first-order chi connectivity index (χ1) is 14.7. The monoisotopic (exact) mass is 403 g/mol. The highest BCUT2D eigenvalue weighted by Gasteiger charge is 2.27. The maximum atomic E-state index is 12.8. The summed E-state index contributed by atoms with van der Waals surface area (Å²) in [5, 5.41) is 8.93. The Bertz CT molecular complexity index is 842. The smallest absolute Gasteiger partial charge is 0.314 e. The molecular formula is C27H33NO2. The molecule has 1 aliphatic rings. The van der Waals surface area contributed by atoms with Crippen molar-refractivity contribution >= 4 is 5.97 Å². The van der Waals surface area contributed by atoms with E-state index in [1.54, 1.807) is 0 Å². The van der Waals surface area contributed by atoms with Gasteiger partial charge in [0, 0.05) is 0 Å². The van der Waals surface area contributed by atoms with Gasteiger partial charge in [-0.25, -0.2) is 0 Å². The summed E-state index contributed by atoms with van der Waals surface area (Å²) in [5.41, 5.74) is 2.91. The van der Waals surface area contributed by atoms with Gasteiger partial charge in [-0.3, -0.25) is 4.79 Å². The molecule has 2 aromatic carbocycles. The van der Waals surface area contributed by atoms with Crippen molar-refractivity contribution in [1.29, 1.82) is 5.26 Å². The summed E-state index contributed by atoms with van der Waals surface area (Å²) < 4.78 is 5.86. The van der Waals surface area contributed by atoms with E-state index in [-0.39, 0.29) is 11.9 Å². The van der Waals surface area contributed by atoms with Gasteiger partial charge in [-0.15, -0.1) is 0 Å². The highest BCUT2D eigenvalue weighted by molar-refractivity contribution is 5.75. The first-order valence-electron chi connectivity index (χ1n) is 11.5. The van der Waals surface area contributed by atoms with Crippen LogP contribution in [0.3, 0.4) is 0 Å². The number of nitriles is 1. The van der Waals surface area contributed by atoms with E-state index >= 15 is 0 Å². The third kappa shape index (κ3) is 6.46. The molecule has 30 heavy (non-hydrogen) atoms. The topological polar surface area (TPSA) is 50.1 Å². The van der Waals surface area contributed by atoms with Gasteiger partial charge < -0.3 is 4.74 Å². The lowest BCUT2D eigenvalue weighted by Crippen LogP contribution is -2.26. The number of carbonyl (C=O) groups excluding carboxylic acids is 1. The van der Waals surface area contributed by atoms with Gasteiger partial charge in [0.15, 0.2) is 0 Å². The van der Waals surface area contributed by atoms with Crippen LogP contribution in [-0.2, 0) is 17.6 Å². The number of aryl methyl sites for hydroxylation is 2. The van der Waals surface area contributed by atoms with E-state index in [0.717, 1.165) is 50.0 Å². The Hall–Kier alpha value is -2.60. The molecule has 0 aromatic heterocycles. The van der Waals surface area contributed by atoms with Gasteiger partial charge in [-0.2, -0.15) is 5.26 Å².